The second-order valence-corrected chi connectivity index (χ2v) is 7.36. The average Bonchev–Trinajstić information content (AvgIpc) is 2.33. The molecule has 0 bridgehead atoms. The van der Waals surface area contributed by atoms with E-state index in [0.717, 1.165) is 26.1 Å². The Morgan fingerprint density at radius 1 is 1.09 bits per heavy atom. The molecule has 1 unspecified atom stereocenters. The van der Waals surface area contributed by atoms with Crippen LogP contribution in [0.2, 0.25) is 0 Å². The summed E-state index contributed by atoms with van der Waals surface area (Å²) in [6.07, 6.45) is 0.951. The summed E-state index contributed by atoms with van der Waals surface area (Å²) in [5.41, 5.74) is -0.452. The van der Waals surface area contributed by atoms with Gasteiger partial charge < -0.3 is 20.1 Å². The smallest absolute Gasteiger partial charge is 0.407 e. The molecule has 1 amide bonds. The molecule has 0 fully saturated rings. The molecule has 0 aromatic heterocycles. The van der Waals surface area contributed by atoms with Crippen LogP contribution in [-0.2, 0) is 9.47 Å². The van der Waals surface area contributed by atoms with Gasteiger partial charge in [-0.25, -0.2) is 4.79 Å². The first-order valence-corrected chi connectivity index (χ1v) is 8.41. The first kappa shape index (κ1) is 21.2. The number of hydrogen-bond acceptors (Lipinski definition) is 4. The van der Waals surface area contributed by atoms with Crippen LogP contribution in [0.1, 0.15) is 54.9 Å². The highest BCUT2D eigenvalue weighted by Crippen LogP contribution is 2.10. The van der Waals surface area contributed by atoms with Crippen LogP contribution in [0.25, 0.3) is 0 Å². The van der Waals surface area contributed by atoms with Gasteiger partial charge in [-0.2, -0.15) is 0 Å². The summed E-state index contributed by atoms with van der Waals surface area (Å²) in [5, 5.41) is 6.30. The summed E-state index contributed by atoms with van der Waals surface area (Å²) in [7, 11) is 0. The molecule has 1 atom stereocenters. The third-order valence-electron chi connectivity index (χ3n) is 3.21. The third-order valence-corrected chi connectivity index (χ3v) is 3.21. The van der Waals surface area contributed by atoms with Crippen molar-refractivity contribution in [1.29, 1.82) is 0 Å². The van der Waals surface area contributed by atoms with Gasteiger partial charge >= 0.3 is 6.09 Å². The zero-order valence-electron chi connectivity index (χ0n) is 15.5. The van der Waals surface area contributed by atoms with Crippen LogP contribution in [0.5, 0.6) is 0 Å². The highest BCUT2D eigenvalue weighted by atomic mass is 16.6. The van der Waals surface area contributed by atoms with Crippen molar-refractivity contribution >= 4 is 6.09 Å². The average molecular weight is 316 g/mol. The Labute approximate surface area is 136 Å². The predicted octanol–water partition coefficient (Wildman–Crippen LogP) is 3.19. The lowest BCUT2D eigenvalue weighted by atomic mass is 9.96. The fraction of sp³-hybridized carbons (Fsp3) is 0.941. The molecule has 0 rings (SSSR count). The molecule has 0 aliphatic carbocycles. The number of nitrogens with one attached hydrogen (secondary N) is 2. The number of hydrogen-bond donors (Lipinski definition) is 2. The number of rotatable bonds is 10. The second-order valence-electron chi connectivity index (χ2n) is 7.36. The van der Waals surface area contributed by atoms with E-state index in [4.69, 9.17) is 9.47 Å². The molecular formula is C17H36N2O3. The van der Waals surface area contributed by atoms with Crippen molar-refractivity contribution in [2.75, 3.05) is 26.2 Å². The molecule has 0 heterocycles. The van der Waals surface area contributed by atoms with Gasteiger partial charge in [0.25, 0.3) is 0 Å². The zero-order valence-corrected chi connectivity index (χ0v) is 15.5. The van der Waals surface area contributed by atoms with E-state index in [1.165, 1.54) is 0 Å². The van der Waals surface area contributed by atoms with Crippen LogP contribution in [0.4, 0.5) is 4.79 Å². The highest BCUT2D eigenvalue weighted by molar-refractivity contribution is 5.67. The molecule has 0 radical (unpaired) electrons. The SMILES string of the molecule is CC(C)OCCCNCC(CNC(=O)OC(C)(C)C)C(C)C. The Morgan fingerprint density at radius 2 is 1.73 bits per heavy atom. The fourth-order valence-electron chi connectivity index (χ4n) is 1.88. The third kappa shape index (κ3) is 12.9. The lowest BCUT2D eigenvalue weighted by Gasteiger charge is -2.24. The maximum Gasteiger partial charge on any atom is 0.407 e. The van der Waals surface area contributed by atoms with Crippen LogP contribution < -0.4 is 10.6 Å². The molecule has 5 heteroatoms. The number of carbonyl (C=O) groups excluding carboxylic acids is 1. The van der Waals surface area contributed by atoms with Crippen molar-refractivity contribution in [3.05, 3.63) is 0 Å². The van der Waals surface area contributed by atoms with Gasteiger partial charge in [-0.3, -0.25) is 0 Å². The summed E-state index contributed by atoms with van der Waals surface area (Å²) >= 11 is 0. The highest BCUT2D eigenvalue weighted by Gasteiger charge is 2.18. The second kappa shape index (κ2) is 10.8. The summed E-state index contributed by atoms with van der Waals surface area (Å²) in [5.74, 6) is 0.882. The van der Waals surface area contributed by atoms with Gasteiger partial charge in [0.05, 0.1) is 6.10 Å². The van der Waals surface area contributed by atoms with Crippen molar-refractivity contribution < 1.29 is 14.3 Å². The van der Waals surface area contributed by atoms with E-state index in [0.29, 0.717) is 24.5 Å². The van der Waals surface area contributed by atoms with E-state index in [2.05, 4.69) is 24.5 Å². The van der Waals surface area contributed by atoms with E-state index in [9.17, 15) is 4.79 Å². The van der Waals surface area contributed by atoms with Gasteiger partial charge in [0.1, 0.15) is 5.60 Å². The number of alkyl carbamates (subject to hydrolysis) is 1. The quantitative estimate of drug-likeness (QED) is 0.608. The van der Waals surface area contributed by atoms with Gasteiger partial charge in [0.15, 0.2) is 0 Å². The topological polar surface area (TPSA) is 59.6 Å². The van der Waals surface area contributed by atoms with Gasteiger partial charge in [0.2, 0.25) is 0 Å². The largest absolute Gasteiger partial charge is 0.444 e. The summed E-state index contributed by atoms with van der Waals surface area (Å²) < 4.78 is 10.8. The molecule has 132 valence electrons. The van der Waals surface area contributed by atoms with Crippen LogP contribution in [0.3, 0.4) is 0 Å². The van der Waals surface area contributed by atoms with Crippen molar-refractivity contribution in [2.24, 2.45) is 11.8 Å². The standard InChI is InChI=1S/C17H36N2O3/c1-13(2)15(11-18-9-8-10-21-14(3)4)12-19-16(20)22-17(5,6)7/h13-15,18H,8-12H2,1-7H3,(H,19,20). The Morgan fingerprint density at radius 3 is 2.23 bits per heavy atom. The molecule has 2 N–H and O–H groups in total. The number of amides is 1. The van der Waals surface area contributed by atoms with Gasteiger partial charge in [-0.05, 0) is 66.0 Å². The fourth-order valence-corrected chi connectivity index (χ4v) is 1.88. The number of carbonyl (C=O) groups is 1. The summed E-state index contributed by atoms with van der Waals surface area (Å²) in [6.45, 7) is 17.3. The van der Waals surface area contributed by atoms with Crippen molar-refractivity contribution in [1.82, 2.24) is 10.6 Å². The molecule has 0 saturated carbocycles. The van der Waals surface area contributed by atoms with Crippen LogP contribution in [0, 0.1) is 11.8 Å². The van der Waals surface area contributed by atoms with Crippen LogP contribution in [0.15, 0.2) is 0 Å². The maximum atomic E-state index is 11.7. The van der Waals surface area contributed by atoms with E-state index >= 15 is 0 Å². The van der Waals surface area contributed by atoms with Crippen molar-refractivity contribution in [3.8, 4) is 0 Å². The molecule has 22 heavy (non-hydrogen) atoms. The predicted molar refractivity (Wildman–Crippen MR) is 91.1 cm³/mol. The Kier molecular flexibility index (Phi) is 10.4. The molecule has 5 nitrogen and oxygen atoms in total. The van der Waals surface area contributed by atoms with Crippen LogP contribution >= 0.6 is 0 Å². The molecule has 0 aromatic rings. The molecular weight excluding hydrogens is 280 g/mol. The lowest BCUT2D eigenvalue weighted by molar-refractivity contribution is 0.0515. The van der Waals surface area contributed by atoms with Crippen molar-refractivity contribution in [2.45, 2.75) is 66.6 Å². The minimum absolute atomic E-state index is 0.293. The Balaban J connectivity index is 3.90. The zero-order chi connectivity index (χ0) is 17.2. The first-order chi connectivity index (χ1) is 10.1. The molecule has 0 saturated heterocycles. The first-order valence-electron chi connectivity index (χ1n) is 8.41. The molecule has 0 aromatic carbocycles. The normalized spacial score (nSPS) is 13.5. The monoisotopic (exact) mass is 316 g/mol. The minimum Gasteiger partial charge on any atom is -0.444 e. The molecule has 0 aliphatic rings. The summed E-state index contributed by atoms with van der Waals surface area (Å²) in [4.78, 5) is 11.7. The minimum atomic E-state index is -0.452. The maximum absolute atomic E-state index is 11.7. The van der Waals surface area contributed by atoms with Crippen LogP contribution in [-0.4, -0.2) is 44.0 Å². The molecule has 0 spiro atoms. The van der Waals surface area contributed by atoms with Gasteiger partial charge in [-0.15, -0.1) is 0 Å². The van der Waals surface area contributed by atoms with E-state index in [-0.39, 0.29) is 6.09 Å². The van der Waals surface area contributed by atoms with E-state index in [1.807, 2.05) is 34.6 Å². The Bertz CT molecular complexity index is 299. The van der Waals surface area contributed by atoms with Gasteiger partial charge in [-0.1, -0.05) is 13.8 Å². The molecule has 0 aliphatic heterocycles. The van der Waals surface area contributed by atoms with E-state index in [1.54, 1.807) is 0 Å². The Hall–Kier alpha value is -0.810. The summed E-state index contributed by atoms with van der Waals surface area (Å²) in [6, 6.07) is 0. The van der Waals surface area contributed by atoms with Gasteiger partial charge in [0, 0.05) is 13.2 Å². The van der Waals surface area contributed by atoms with Crippen molar-refractivity contribution in [3.63, 3.8) is 0 Å². The van der Waals surface area contributed by atoms with E-state index < -0.39 is 5.60 Å². The number of ether oxygens (including phenoxy) is 2. The lowest BCUT2D eigenvalue weighted by Crippen LogP contribution is -2.39.